The second kappa shape index (κ2) is 5.25. The fourth-order valence-electron chi connectivity index (χ4n) is 2.02. The summed E-state index contributed by atoms with van der Waals surface area (Å²) in [5, 5.41) is 0. The lowest BCUT2D eigenvalue weighted by Gasteiger charge is -2.24. The van der Waals surface area contributed by atoms with Gasteiger partial charge < -0.3 is 0 Å². The zero-order valence-electron chi connectivity index (χ0n) is 9.31. The highest BCUT2D eigenvalue weighted by atomic mass is 79.9. The molecule has 1 aromatic rings. The quantitative estimate of drug-likeness (QED) is 0.768. The molecule has 0 bridgehead atoms. The maximum atomic E-state index is 13.6. The summed E-state index contributed by atoms with van der Waals surface area (Å²) in [4.78, 5) is 11.7. The molecular formula is C13H13BrF2O. The van der Waals surface area contributed by atoms with Crippen LogP contribution in [0.2, 0.25) is 0 Å². The highest BCUT2D eigenvalue weighted by molar-refractivity contribution is 9.10. The number of hydrogen-bond donors (Lipinski definition) is 0. The minimum atomic E-state index is -0.660. The van der Waals surface area contributed by atoms with Crippen molar-refractivity contribution in [2.24, 2.45) is 5.92 Å². The monoisotopic (exact) mass is 302 g/mol. The maximum absolute atomic E-state index is 13.6. The van der Waals surface area contributed by atoms with E-state index >= 15 is 0 Å². The van der Waals surface area contributed by atoms with Crippen molar-refractivity contribution in [1.82, 2.24) is 0 Å². The SMILES string of the molecule is O=C(Cc1c(F)ccc(Br)c1F)CC1CCC1. The first-order valence-electron chi connectivity index (χ1n) is 5.72. The summed E-state index contributed by atoms with van der Waals surface area (Å²) in [5.74, 6) is -0.953. The second-order valence-electron chi connectivity index (χ2n) is 4.54. The first-order chi connectivity index (χ1) is 8.08. The molecule has 1 aliphatic rings. The van der Waals surface area contributed by atoms with E-state index in [4.69, 9.17) is 0 Å². The van der Waals surface area contributed by atoms with Gasteiger partial charge in [-0.1, -0.05) is 19.3 Å². The highest BCUT2D eigenvalue weighted by Crippen LogP contribution is 2.30. The van der Waals surface area contributed by atoms with E-state index in [0.717, 1.165) is 19.3 Å². The van der Waals surface area contributed by atoms with E-state index < -0.39 is 11.6 Å². The average Bonchev–Trinajstić information content (AvgIpc) is 2.24. The van der Waals surface area contributed by atoms with E-state index in [1.807, 2.05) is 0 Å². The minimum Gasteiger partial charge on any atom is -0.299 e. The van der Waals surface area contributed by atoms with Gasteiger partial charge in [0.05, 0.1) is 4.47 Å². The van der Waals surface area contributed by atoms with Crippen LogP contribution in [0.1, 0.15) is 31.2 Å². The number of carbonyl (C=O) groups is 1. The average molecular weight is 303 g/mol. The van der Waals surface area contributed by atoms with Crippen LogP contribution in [-0.4, -0.2) is 5.78 Å². The van der Waals surface area contributed by atoms with Gasteiger partial charge in [-0.2, -0.15) is 0 Å². The Balaban J connectivity index is 2.06. The van der Waals surface area contributed by atoms with Gasteiger partial charge in [-0.15, -0.1) is 0 Å². The first-order valence-corrected chi connectivity index (χ1v) is 6.51. The molecule has 0 atom stereocenters. The van der Waals surface area contributed by atoms with Gasteiger partial charge >= 0.3 is 0 Å². The van der Waals surface area contributed by atoms with E-state index in [1.54, 1.807) is 0 Å². The van der Waals surface area contributed by atoms with Crippen LogP contribution in [0.3, 0.4) is 0 Å². The first kappa shape index (κ1) is 12.7. The van der Waals surface area contributed by atoms with Crippen LogP contribution in [0.4, 0.5) is 8.78 Å². The predicted octanol–water partition coefficient (Wildman–Crippen LogP) is 4.03. The van der Waals surface area contributed by atoms with Crippen LogP contribution in [0.5, 0.6) is 0 Å². The molecule has 1 nitrogen and oxygen atoms in total. The molecule has 0 aromatic heterocycles. The van der Waals surface area contributed by atoms with Crippen molar-refractivity contribution in [2.45, 2.75) is 32.1 Å². The molecule has 0 N–H and O–H groups in total. The molecular weight excluding hydrogens is 290 g/mol. The van der Waals surface area contributed by atoms with E-state index in [0.29, 0.717) is 12.3 Å². The van der Waals surface area contributed by atoms with Gasteiger partial charge in [0.2, 0.25) is 0 Å². The van der Waals surface area contributed by atoms with Crippen molar-refractivity contribution >= 4 is 21.7 Å². The third kappa shape index (κ3) is 2.92. The molecule has 0 amide bonds. The summed E-state index contributed by atoms with van der Waals surface area (Å²) in [6.45, 7) is 0. The third-order valence-corrected chi connectivity index (χ3v) is 3.87. The van der Waals surface area contributed by atoms with Crippen LogP contribution >= 0.6 is 15.9 Å². The molecule has 0 unspecified atom stereocenters. The predicted molar refractivity (Wildman–Crippen MR) is 64.7 cm³/mol. The fraction of sp³-hybridized carbons (Fsp3) is 0.462. The molecule has 1 aromatic carbocycles. The molecule has 0 aliphatic heterocycles. The van der Waals surface area contributed by atoms with Crippen LogP contribution in [0, 0.1) is 17.6 Å². The number of carbonyl (C=O) groups excluding carboxylic acids is 1. The molecule has 4 heteroatoms. The fourth-order valence-corrected chi connectivity index (χ4v) is 2.39. The largest absolute Gasteiger partial charge is 0.299 e. The Hall–Kier alpha value is -0.770. The summed E-state index contributed by atoms with van der Waals surface area (Å²) in [5.41, 5.74) is -0.122. The molecule has 0 heterocycles. The standard InChI is InChI=1S/C13H13BrF2O/c14-11-4-5-12(15)10(13(11)16)7-9(17)6-8-2-1-3-8/h4-5,8H,1-3,6-7H2. The molecule has 1 aliphatic carbocycles. The molecule has 2 rings (SSSR count). The Morgan fingerprint density at radius 2 is 2.06 bits per heavy atom. The second-order valence-corrected chi connectivity index (χ2v) is 5.39. The zero-order valence-corrected chi connectivity index (χ0v) is 10.9. The Morgan fingerprint density at radius 1 is 1.35 bits per heavy atom. The summed E-state index contributed by atoms with van der Waals surface area (Å²) in [7, 11) is 0. The normalized spacial score (nSPS) is 15.7. The number of Topliss-reactive ketones (excluding diaryl/α,β-unsaturated/α-hetero) is 1. The van der Waals surface area contributed by atoms with Crippen LogP contribution in [0.25, 0.3) is 0 Å². The van der Waals surface area contributed by atoms with Gasteiger partial charge in [-0.25, -0.2) is 8.78 Å². The Labute approximate surface area is 107 Å². The summed E-state index contributed by atoms with van der Waals surface area (Å²) in [6.07, 6.45) is 3.60. The van der Waals surface area contributed by atoms with Crippen molar-refractivity contribution in [3.8, 4) is 0 Å². The number of rotatable bonds is 4. The maximum Gasteiger partial charge on any atom is 0.143 e. The van der Waals surface area contributed by atoms with Crippen LogP contribution in [-0.2, 0) is 11.2 Å². The van der Waals surface area contributed by atoms with Crippen LogP contribution in [0.15, 0.2) is 16.6 Å². The van der Waals surface area contributed by atoms with Crippen molar-refractivity contribution in [3.63, 3.8) is 0 Å². The molecule has 0 radical (unpaired) electrons. The molecule has 1 saturated carbocycles. The summed E-state index contributed by atoms with van der Waals surface area (Å²) < 4.78 is 27.2. The smallest absolute Gasteiger partial charge is 0.143 e. The Morgan fingerprint density at radius 3 is 2.65 bits per heavy atom. The topological polar surface area (TPSA) is 17.1 Å². The molecule has 0 spiro atoms. The molecule has 17 heavy (non-hydrogen) atoms. The van der Waals surface area contributed by atoms with Gasteiger partial charge in [0.15, 0.2) is 0 Å². The third-order valence-electron chi connectivity index (χ3n) is 3.25. The number of halogens is 3. The summed E-state index contributed by atoms with van der Waals surface area (Å²) in [6, 6.07) is 2.49. The van der Waals surface area contributed by atoms with Gasteiger partial charge in [0.25, 0.3) is 0 Å². The van der Waals surface area contributed by atoms with E-state index in [-0.39, 0.29) is 22.2 Å². The van der Waals surface area contributed by atoms with E-state index in [2.05, 4.69) is 15.9 Å². The minimum absolute atomic E-state index is 0.0781. The van der Waals surface area contributed by atoms with Gasteiger partial charge in [-0.05, 0) is 34.0 Å². The molecule has 92 valence electrons. The number of ketones is 1. The molecule has 1 fully saturated rings. The van der Waals surface area contributed by atoms with E-state index in [9.17, 15) is 13.6 Å². The summed E-state index contributed by atoms with van der Waals surface area (Å²) >= 11 is 2.99. The zero-order chi connectivity index (χ0) is 12.4. The van der Waals surface area contributed by atoms with Crippen molar-refractivity contribution in [2.75, 3.05) is 0 Å². The lowest BCUT2D eigenvalue weighted by Crippen LogP contribution is -2.18. The Kier molecular flexibility index (Phi) is 3.92. The highest BCUT2D eigenvalue weighted by Gasteiger charge is 2.22. The van der Waals surface area contributed by atoms with Crippen LogP contribution < -0.4 is 0 Å². The van der Waals surface area contributed by atoms with Crippen molar-refractivity contribution in [3.05, 3.63) is 33.8 Å². The van der Waals surface area contributed by atoms with Gasteiger partial charge in [0, 0.05) is 18.4 Å². The lowest BCUT2D eigenvalue weighted by atomic mass is 9.81. The molecule has 0 saturated heterocycles. The number of benzene rings is 1. The van der Waals surface area contributed by atoms with Crippen molar-refractivity contribution in [1.29, 1.82) is 0 Å². The lowest BCUT2D eigenvalue weighted by molar-refractivity contribution is -0.120. The van der Waals surface area contributed by atoms with Crippen molar-refractivity contribution < 1.29 is 13.6 Å². The van der Waals surface area contributed by atoms with Gasteiger partial charge in [-0.3, -0.25) is 4.79 Å². The van der Waals surface area contributed by atoms with E-state index in [1.165, 1.54) is 12.1 Å². The number of hydrogen-bond acceptors (Lipinski definition) is 1. The Bertz CT molecular complexity index is 441. The van der Waals surface area contributed by atoms with Gasteiger partial charge in [0.1, 0.15) is 17.4 Å².